The van der Waals surface area contributed by atoms with E-state index in [1.54, 1.807) is 23.1 Å². The van der Waals surface area contributed by atoms with E-state index in [-0.39, 0.29) is 18.2 Å². The molecule has 0 spiro atoms. The van der Waals surface area contributed by atoms with Crippen molar-refractivity contribution >= 4 is 34.9 Å². The van der Waals surface area contributed by atoms with Crippen LogP contribution in [0.2, 0.25) is 10.0 Å². The predicted molar refractivity (Wildman–Crippen MR) is 80.5 cm³/mol. The molecule has 0 saturated carbocycles. The van der Waals surface area contributed by atoms with Crippen molar-refractivity contribution < 1.29 is 9.59 Å². The van der Waals surface area contributed by atoms with Gasteiger partial charge >= 0.3 is 0 Å². The van der Waals surface area contributed by atoms with Crippen molar-refractivity contribution in [2.24, 2.45) is 0 Å². The molecule has 1 aromatic carbocycles. The molecule has 1 saturated heterocycles. The van der Waals surface area contributed by atoms with E-state index in [9.17, 15) is 9.59 Å². The number of rotatable bonds is 3. The summed E-state index contributed by atoms with van der Waals surface area (Å²) in [6.45, 7) is 0.780. The van der Waals surface area contributed by atoms with E-state index in [2.05, 4.69) is 0 Å². The highest BCUT2D eigenvalue weighted by Crippen LogP contribution is 2.23. The minimum Gasteiger partial charge on any atom is -0.335 e. The molecule has 1 fully saturated rings. The van der Waals surface area contributed by atoms with E-state index < -0.39 is 0 Å². The number of carbonyl (C=O) groups excluding carboxylic acids is 2. The molecule has 20 heavy (non-hydrogen) atoms. The Morgan fingerprint density at radius 2 is 1.85 bits per heavy atom. The lowest BCUT2D eigenvalue weighted by Crippen LogP contribution is -2.37. The number of nitrogens with zero attached hydrogens (tertiary/aromatic N) is 1. The fraction of sp³-hybridized carbons (Fsp3) is 0.467. The molecule has 1 aromatic rings. The summed E-state index contributed by atoms with van der Waals surface area (Å²) >= 11 is 11.7. The van der Waals surface area contributed by atoms with Crippen molar-refractivity contribution in [1.29, 1.82) is 0 Å². The Kier molecular flexibility index (Phi) is 5.44. The molecule has 5 heteroatoms. The number of hydrogen-bond acceptors (Lipinski definition) is 2. The van der Waals surface area contributed by atoms with Gasteiger partial charge in [-0.3, -0.25) is 9.59 Å². The second kappa shape index (κ2) is 7.09. The minimum absolute atomic E-state index is 0.0677. The Bertz CT molecular complexity index is 517. The summed E-state index contributed by atoms with van der Waals surface area (Å²) in [5, 5.41) is 0.780. The molecule has 0 N–H and O–H groups in total. The van der Waals surface area contributed by atoms with Crippen LogP contribution in [0.5, 0.6) is 0 Å². The number of likely N-dealkylation sites (tertiary alicyclic amines) is 1. The van der Waals surface area contributed by atoms with E-state index in [4.69, 9.17) is 23.2 Å². The number of benzene rings is 1. The van der Waals surface area contributed by atoms with Crippen LogP contribution in [0.25, 0.3) is 0 Å². The van der Waals surface area contributed by atoms with Crippen LogP contribution in [0.4, 0.5) is 0 Å². The van der Waals surface area contributed by atoms with Gasteiger partial charge in [0.25, 0.3) is 0 Å². The molecule has 3 nitrogen and oxygen atoms in total. The smallest absolute Gasteiger partial charge is 0.222 e. The van der Waals surface area contributed by atoms with Gasteiger partial charge < -0.3 is 4.90 Å². The monoisotopic (exact) mass is 313 g/mol. The van der Waals surface area contributed by atoms with Crippen molar-refractivity contribution in [2.45, 2.75) is 32.1 Å². The number of ketones is 1. The molecule has 0 aliphatic carbocycles. The zero-order chi connectivity index (χ0) is 14.5. The maximum Gasteiger partial charge on any atom is 0.222 e. The van der Waals surface area contributed by atoms with Crippen LogP contribution in [-0.2, 0) is 4.79 Å². The Labute approximate surface area is 128 Å². The molecular weight excluding hydrogens is 297 g/mol. The Morgan fingerprint density at radius 1 is 1.10 bits per heavy atom. The number of halogens is 2. The first-order valence-electron chi connectivity index (χ1n) is 6.84. The van der Waals surface area contributed by atoms with Crippen LogP contribution in [0.1, 0.15) is 42.5 Å². The summed E-state index contributed by atoms with van der Waals surface area (Å²) in [5.41, 5.74) is 0.495. The lowest BCUT2D eigenvalue weighted by Gasteiger charge is -2.24. The predicted octanol–water partition coefficient (Wildman–Crippen LogP) is 3.97. The van der Waals surface area contributed by atoms with Crippen molar-refractivity contribution in [2.75, 3.05) is 13.1 Å². The van der Waals surface area contributed by atoms with E-state index in [0.29, 0.717) is 28.6 Å². The molecule has 0 unspecified atom stereocenters. The number of amides is 1. The van der Waals surface area contributed by atoms with Gasteiger partial charge in [-0.15, -0.1) is 0 Å². The van der Waals surface area contributed by atoms with E-state index >= 15 is 0 Å². The number of Topliss-reactive ketones (excluding diaryl/α,β-unsaturated/α-hetero) is 1. The summed E-state index contributed by atoms with van der Waals surface area (Å²) in [6, 6.07) is 4.80. The van der Waals surface area contributed by atoms with Gasteiger partial charge in [0.15, 0.2) is 5.78 Å². The third kappa shape index (κ3) is 3.97. The third-order valence-corrected chi connectivity index (χ3v) is 4.24. The Hall–Kier alpha value is -1.06. The summed E-state index contributed by atoms with van der Waals surface area (Å²) in [4.78, 5) is 25.9. The molecule has 0 aromatic heterocycles. The largest absolute Gasteiger partial charge is 0.335 e. The Balaban J connectivity index is 2.05. The van der Waals surface area contributed by atoms with Crippen LogP contribution < -0.4 is 0 Å². The molecule has 1 aliphatic heterocycles. The van der Waals surface area contributed by atoms with Crippen molar-refractivity contribution in [1.82, 2.24) is 4.90 Å². The molecule has 1 amide bonds. The first kappa shape index (κ1) is 15.3. The van der Waals surface area contributed by atoms with Crippen LogP contribution >= 0.6 is 23.2 Å². The summed E-state index contributed by atoms with van der Waals surface area (Å²) in [5.74, 6) is -0.0319. The van der Waals surface area contributed by atoms with Crippen molar-refractivity contribution in [3.63, 3.8) is 0 Å². The zero-order valence-electron chi connectivity index (χ0n) is 11.2. The SMILES string of the molecule is O=C(CN1CCCCCCC1=O)c1ccc(Cl)c(Cl)c1. The molecule has 2 rings (SSSR count). The van der Waals surface area contributed by atoms with E-state index in [0.717, 1.165) is 25.7 Å². The number of hydrogen-bond donors (Lipinski definition) is 0. The first-order valence-corrected chi connectivity index (χ1v) is 7.59. The van der Waals surface area contributed by atoms with Crippen LogP contribution in [0.15, 0.2) is 18.2 Å². The van der Waals surface area contributed by atoms with E-state index in [1.165, 1.54) is 0 Å². The lowest BCUT2D eigenvalue weighted by molar-refractivity contribution is -0.131. The average Bonchev–Trinajstić information content (AvgIpc) is 2.41. The first-order chi connectivity index (χ1) is 9.58. The molecule has 1 heterocycles. The summed E-state index contributed by atoms with van der Waals surface area (Å²) in [6.07, 6.45) is 4.62. The fourth-order valence-electron chi connectivity index (χ4n) is 2.32. The second-order valence-corrected chi connectivity index (χ2v) is 5.85. The van der Waals surface area contributed by atoms with Gasteiger partial charge in [-0.2, -0.15) is 0 Å². The topological polar surface area (TPSA) is 37.4 Å². The standard InChI is InChI=1S/C15H17Cl2NO2/c16-12-7-6-11(9-13(12)17)14(19)10-18-8-4-2-1-3-5-15(18)20/h6-7,9H,1-5,8,10H2. The average molecular weight is 314 g/mol. The highest BCUT2D eigenvalue weighted by atomic mass is 35.5. The maximum absolute atomic E-state index is 12.2. The zero-order valence-corrected chi connectivity index (χ0v) is 12.7. The van der Waals surface area contributed by atoms with Gasteiger partial charge in [0.05, 0.1) is 16.6 Å². The van der Waals surface area contributed by atoms with Crippen LogP contribution in [0, 0.1) is 0 Å². The summed E-state index contributed by atoms with van der Waals surface area (Å²) < 4.78 is 0. The van der Waals surface area contributed by atoms with Gasteiger partial charge in [0.2, 0.25) is 5.91 Å². The van der Waals surface area contributed by atoms with Gasteiger partial charge in [0.1, 0.15) is 0 Å². The molecule has 0 atom stereocenters. The highest BCUT2D eigenvalue weighted by molar-refractivity contribution is 6.42. The van der Waals surface area contributed by atoms with Gasteiger partial charge in [0, 0.05) is 18.5 Å². The number of carbonyl (C=O) groups is 2. The fourth-order valence-corrected chi connectivity index (χ4v) is 2.61. The normalized spacial score (nSPS) is 16.7. The van der Waals surface area contributed by atoms with Gasteiger partial charge in [-0.1, -0.05) is 36.0 Å². The molecule has 0 radical (unpaired) electrons. The van der Waals surface area contributed by atoms with Gasteiger partial charge in [-0.25, -0.2) is 0 Å². The highest BCUT2D eigenvalue weighted by Gasteiger charge is 2.19. The molecule has 108 valence electrons. The molecular formula is C15H17Cl2NO2. The Morgan fingerprint density at radius 3 is 2.60 bits per heavy atom. The van der Waals surface area contributed by atoms with E-state index in [1.807, 2.05) is 0 Å². The molecule has 0 bridgehead atoms. The quantitative estimate of drug-likeness (QED) is 0.792. The van der Waals surface area contributed by atoms with Crippen molar-refractivity contribution in [3.05, 3.63) is 33.8 Å². The lowest BCUT2D eigenvalue weighted by atomic mass is 10.1. The van der Waals surface area contributed by atoms with Crippen LogP contribution in [0.3, 0.4) is 0 Å². The van der Waals surface area contributed by atoms with Gasteiger partial charge in [-0.05, 0) is 31.0 Å². The molecule has 1 aliphatic rings. The van der Waals surface area contributed by atoms with Crippen LogP contribution in [-0.4, -0.2) is 29.7 Å². The summed E-state index contributed by atoms with van der Waals surface area (Å²) in [7, 11) is 0. The minimum atomic E-state index is -0.0995. The third-order valence-electron chi connectivity index (χ3n) is 3.50. The maximum atomic E-state index is 12.2. The second-order valence-electron chi connectivity index (χ2n) is 5.03. The van der Waals surface area contributed by atoms with Crippen molar-refractivity contribution in [3.8, 4) is 0 Å².